The van der Waals surface area contributed by atoms with E-state index < -0.39 is 47.4 Å². The van der Waals surface area contributed by atoms with Gasteiger partial charge in [0.1, 0.15) is 23.7 Å². The van der Waals surface area contributed by atoms with Crippen molar-refractivity contribution in [2.45, 2.75) is 130 Å². The van der Waals surface area contributed by atoms with Crippen molar-refractivity contribution in [3.8, 4) is 0 Å². The van der Waals surface area contributed by atoms with E-state index in [1.807, 2.05) is 37.3 Å². The Labute approximate surface area is 297 Å². The van der Waals surface area contributed by atoms with Crippen LogP contribution in [0.5, 0.6) is 0 Å². The summed E-state index contributed by atoms with van der Waals surface area (Å²) in [4.78, 5) is 80.1. The van der Waals surface area contributed by atoms with Crippen LogP contribution in [0.4, 0.5) is 4.79 Å². The highest BCUT2D eigenvalue weighted by molar-refractivity contribution is 6.38. The van der Waals surface area contributed by atoms with Gasteiger partial charge in [0, 0.05) is 26.1 Å². The Morgan fingerprint density at radius 3 is 2.20 bits per heavy atom. The summed E-state index contributed by atoms with van der Waals surface area (Å²) < 4.78 is 5.46. The van der Waals surface area contributed by atoms with E-state index in [1.165, 1.54) is 17.4 Å². The lowest BCUT2D eigenvalue weighted by Crippen LogP contribution is -2.59. The molecule has 0 aromatic heterocycles. The van der Waals surface area contributed by atoms with Crippen LogP contribution in [0, 0.1) is 11.8 Å². The fourth-order valence-electron chi connectivity index (χ4n) is 6.13. The van der Waals surface area contributed by atoms with Gasteiger partial charge in [-0.3, -0.25) is 24.0 Å². The Hall–Kier alpha value is -4.22. The normalized spacial score (nSPS) is 18.7. The third-order valence-corrected chi connectivity index (χ3v) is 8.54. The molecule has 1 heterocycles. The predicted octanol–water partition coefficient (Wildman–Crippen LogP) is 4.57. The summed E-state index contributed by atoms with van der Waals surface area (Å²) in [5.41, 5.74) is 0.187. The third-order valence-electron chi connectivity index (χ3n) is 8.54. The number of benzene rings is 1. The minimum atomic E-state index is -1.20. The van der Waals surface area contributed by atoms with Gasteiger partial charge in [0.2, 0.25) is 23.5 Å². The standard InChI is InChI=1S/C35H51N5O7.C3H8/c1-6-13-26(30(42)32(44)36-20-18-27(41)37-22-24-14-9-7-10-15-24)38-31(43)29-23(2)19-21-40(29)33(45)28(25-16-11-8-12-17-25)39-34(46)47-35(3,4)5;1-3-2/h6-7,9-10,14-15,23,25-26,28-29H,1,8,11-13,16-22H2,2-5H3,(H,36,44)(H,37,41)(H,38,43)(H,39,46);3H2,1-2H3/t23-,26?,28?,29?;/m0./s1. The molecule has 4 atom stereocenters. The van der Waals surface area contributed by atoms with E-state index in [-0.39, 0.29) is 43.0 Å². The third kappa shape index (κ3) is 14.0. The van der Waals surface area contributed by atoms with Crippen molar-refractivity contribution in [1.82, 2.24) is 26.2 Å². The van der Waals surface area contributed by atoms with Gasteiger partial charge in [-0.2, -0.15) is 0 Å². The van der Waals surface area contributed by atoms with E-state index in [1.54, 1.807) is 20.8 Å². The summed E-state index contributed by atoms with van der Waals surface area (Å²) in [5.74, 6) is -3.33. The van der Waals surface area contributed by atoms with Gasteiger partial charge in [0.05, 0.1) is 0 Å². The average Bonchev–Trinajstić information content (AvgIpc) is 3.47. The number of carbonyl (C=O) groups is 6. The van der Waals surface area contributed by atoms with Gasteiger partial charge in [0.25, 0.3) is 5.91 Å². The van der Waals surface area contributed by atoms with Crippen molar-refractivity contribution in [2.75, 3.05) is 13.1 Å². The number of rotatable bonds is 14. The Bertz CT molecular complexity index is 1290. The van der Waals surface area contributed by atoms with E-state index in [0.717, 1.165) is 37.7 Å². The van der Waals surface area contributed by atoms with Gasteiger partial charge < -0.3 is 30.9 Å². The zero-order valence-corrected chi connectivity index (χ0v) is 30.8. The number of nitrogens with zero attached hydrogens (tertiary/aromatic N) is 1. The Morgan fingerprint density at radius 2 is 1.60 bits per heavy atom. The number of ether oxygens (including phenoxy) is 1. The monoisotopic (exact) mass is 697 g/mol. The van der Waals surface area contributed by atoms with Crippen LogP contribution in [0.2, 0.25) is 0 Å². The molecule has 0 bridgehead atoms. The molecule has 1 aliphatic carbocycles. The molecule has 3 rings (SSSR count). The fraction of sp³-hybridized carbons (Fsp3) is 0.632. The van der Waals surface area contributed by atoms with E-state index in [0.29, 0.717) is 19.5 Å². The molecule has 2 aliphatic rings. The number of nitrogens with one attached hydrogen (secondary N) is 4. The van der Waals surface area contributed by atoms with E-state index >= 15 is 0 Å². The maximum absolute atomic E-state index is 14.1. The van der Waals surface area contributed by atoms with E-state index in [4.69, 9.17) is 4.74 Å². The Balaban J connectivity index is 0.00000278. The number of likely N-dealkylation sites (tertiary alicyclic amines) is 1. The number of hydrogen-bond donors (Lipinski definition) is 4. The van der Waals surface area contributed by atoms with Gasteiger partial charge in [-0.05, 0) is 63.9 Å². The largest absolute Gasteiger partial charge is 0.444 e. The fourth-order valence-corrected chi connectivity index (χ4v) is 6.13. The molecule has 278 valence electrons. The highest BCUT2D eigenvalue weighted by Crippen LogP contribution is 2.31. The zero-order chi connectivity index (χ0) is 37.3. The number of ketones is 1. The van der Waals surface area contributed by atoms with Gasteiger partial charge in [-0.25, -0.2) is 4.79 Å². The van der Waals surface area contributed by atoms with Crippen LogP contribution in [0.1, 0.15) is 105 Å². The summed E-state index contributed by atoms with van der Waals surface area (Å²) in [6.45, 7) is 15.6. The Morgan fingerprint density at radius 1 is 0.960 bits per heavy atom. The van der Waals surface area contributed by atoms with E-state index in [2.05, 4.69) is 41.7 Å². The van der Waals surface area contributed by atoms with Gasteiger partial charge >= 0.3 is 6.09 Å². The lowest BCUT2D eigenvalue weighted by Gasteiger charge is -2.35. The molecule has 50 heavy (non-hydrogen) atoms. The minimum absolute atomic E-state index is 0.00446. The lowest BCUT2D eigenvalue weighted by atomic mass is 9.83. The smallest absolute Gasteiger partial charge is 0.408 e. The van der Waals surface area contributed by atoms with Crippen LogP contribution in [-0.4, -0.2) is 77.2 Å². The maximum Gasteiger partial charge on any atom is 0.408 e. The Kier molecular flexibility index (Phi) is 17.7. The zero-order valence-electron chi connectivity index (χ0n) is 30.8. The second-order valence-corrected chi connectivity index (χ2v) is 14.2. The van der Waals surface area contributed by atoms with Crippen LogP contribution in [0.3, 0.4) is 0 Å². The SMILES string of the molecule is C=CCC(NC(=O)C1[C@@H](C)CCN1C(=O)C(NC(=O)OC(C)(C)C)C1CCCCC1)C(=O)C(=O)NCCC(=O)NCc1ccccc1.CCC. The molecule has 3 unspecified atom stereocenters. The first-order chi connectivity index (χ1) is 23.7. The van der Waals surface area contributed by atoms with Crippen molar-refractivity contribution < 1.29 is 33.5 Å². The molecule has 1 aliphatic heterocycles. The molecule has 4 N–H and O–H groups in total. The van der Waals surface area contributed by atoms with Crippen LogP contribution in [0.25, 0.3) is 0 Å². The molecule has 5 amide bonds. The predicted molar refractivity (Wildman–Crippen MR) is 193 cm³/mol. The van der Waals surface area contributed by atoms with Crippen molar-refractivity contribution in [3.05, 3.63) is 48.6 Å². The van der Waals surface area contributed by atoms with Crippen molar-refractivity contribution in [2.24, 2.45) is 11.8 Å². The number of alkyl carbamates (subject to hydrolysis) is 1. The van der Waals surface area contributed by atoms with Crippen LogP contribution in [-0.2, 0) is 35.3 Å². The van der Waals surface area contributed by atoms with Crippen molar-refractivity contribution in [1.29, 1.82) is 0 Å². The molecule has 12 heteroatoms. The average molecular weight is 698 g/mol. The number of carbonyl (C=O) groups excluding carboxylic acids is 6. The quantitative estimate of drug-likeness (QED) is 0.164. The second kappa shape index (κ2) is 21.1. The van der Waals surface area contributed by atoms with Crippen LogP contribution >= 0.6 is 0 Å². The number of hydrogen-bond acceptors (Lipinski definition) is 7. The molecule has 1 saturated heterocycles. The molecular weight excluding hydrogens is 638 g/mol. The van der Waals surface area contributed by atoms with Gasteiger partial charge in [-0.15, -0.1) is 6.58 Å². The highest BCUT2D eigenvalue weighted by atomic mass is 16.6. The maximum atomic E-state index is 14.1. The molecule has 2 fully saturated rings. The first kappa shape index (κ1) is 41.9. The molecule has 0 spiro atoms. The minimum Gasteiger partial charge on any atom is -0.444 e. The van der Waals surface area contributed by atoms with Gasteiger partial charge in [0.15, 0.2) is 0 Å². The number of Topliss-reactive ketones (excluding diaryl/α,β-unsaturated/α-hetero) is 1. The lowest BCUT2D eigenvalue weighted by molar-refractivity contribution is -0.144. The van der Waals surface area contributed by atoms with Crippen molar-refractivity contribution in [3.63, 3.8) is 0 Å². The summed E-state index contributed by atoms with van der Waals surface area (Å²) in [5, 5.41) is 10.7. The first-order valence-electron chi connectivity index (χ1n) is 18.1. The van der Waals surface area contributed by atoms with Crippen LogP contribution < -0.4 is 21.3 Å². The molecular formula is C38H59N5O7. The molecule has 12 nitrogen and oxygen atoms in total. The highest BCUT2D eigenvalue weighted by Gasteiger charge is 2.45. The summed E-state index contributed by atoms with van der Waals surface area (Å²) in [6, 6.07) is 6.42. The molecule has 1 aromatic carbocycles. The molecule has 0 radical (unpaired) electrons. The van der Waals surface area contributed by atoms with Crippen molar-refractivity contribution >= 4 is 35.5 Å². The van der Waals surface area contributed by atoms with Gasteiger partial charge in [-0.1, -0.05) is 82.9 Å². The second-order valence-electron chi connectivity index (χ2n) is 14.2. The first-order valence-corrected chi connectivity index (χ1v) is 18.1. The molecule has 1 saturated carbocycles. The summed E-state index contributed by atoms with van der Waals surface area (Å²) >= 11 is 0. The summed E-state index contributed by atoms with van der Waals surface area (Å²) in [7, 11) is 0. The topological polar surface area (TPSA) is 163 Å². The molecule has 1 aromatic rings. The number of amides is 5. The van der Waals surface area contributed by atoms with E-state index in [9.17, 15) is 28.8 Å². The van der Waals surface area contributed by atoms with Crippen LogP contribution in [0.15, 0.2) is 43.0 Å². The summed E-state index contributed by atoms with van der Waals surface area (Å²) in [6.07, 6.45) is 6.99.